The Balaban J connectivity index is 1.54. The summed E-state index contributed by atoms with van der Waals surface area (Å²) in [5, 5.41) is 10.5. The molecule has 168 valence electrons. The van der Waals surface area contributed by atoms with E-state index in [1.165, 1.54) is 11.1 Å². The third kappa shape index (κ3) is 4.53. The lowest BCUT2D eigenvalue weighted by atomic mass is 9.95. The highest BCUT2D eigenvalue weighted by molar-refractivity contribution is 8.02. The lowest BCUT2D eigenvalue weighted by Crippen LogP contribution is -2.35. The molecule has 0 saturated carbocycles. The van der Waals surface area contributed by atoms with Gasteiger partial charge in [0.05, 0.1) is 28.1 Å². The minimum absolute atomic E-state index is 0.220. The Labute approximate surface area is 195 Å². The van der Waals surface area contributed by atoms with Crippen molar-refractivity contribution in [1.82, 2.24) is 24.6 Å². The molecule has 32 heavy (non-hydrogen) atoms. The van der Waals surface area contributed by atoms with Gasteiger partial charge in [-0.3, -0.25) is 4.68 Å². The average Bonchev–Trinajstić information content (AvgIpc) is 3.30. The van der Waals surface area contributed by atoms with Gasteiger partial charge in [0.2, 0.25) is 5.95 Å². The maximum absolute atomic E-state index is 4.76. The smallest absolute Gasteiger partial charge is 0.227 e. The van der Waals surface area contributed by atoms with Gasteiger partial charge >= 0.3 is 0 Å². The monoisotopic (exact) mass is 448 g/mol. The van der Waals surface area contributed by atoms with Crippen molar-refractivity contribution in [2.24, 2.45) is 12.5 Å². The maximum Gasteiger partial charge on any atom is 0.227 e. The van der Waals surface area contributed by atoms with Crippen LogP contribution in [-0.2, 0) is 13.6 Å². The number of nitrogens with zero attached hydrogens (tertiary/aromatic N) is 5. The summed E-state index contributed by atoms with van der Waals surface area (Å²) in [6, 6.07) is 8.57. The van der Waals surface area contributed by atoms with Gasteiger partial charge < -0.3 is 10.2 Å². The Bertz CT molecular complexity index is 1160. The molecule has 2 aromatic heterocycles. The van der Waals surface area contributed by atoms with Crippen molar-refractivity contribution >= 4 is 23.4 Å². The van der Waals surface area contributed by atoms with E-state index in [4.69, 9.17) is 4.98 Å². The fourth-order valence-corrected chi connectivity index (χ4v) is 5.14. The van der Waals surface area contributed by atoms with Crippen LogP contribution in [0.5, 0.6) is 0 Å². The highest BCUT2D eigenvalue weighted by atomic mass is 32.2. The molecular weight excluding hydrogens is 416 g/mol. The number of thioether (sulfide) groups is 1. The van der Waals surface area contributed by atoms with Crippen molar-refractivity contribution in [3.63, 3.8) is 0 Å². The van der Waals surface area contributed by atoms with Crippen LogP contribution in [0.1, 0.15) is 43.3 Å². The molecule has 1 atom stereocenters. The first-order valence-corrected chi connectivity index (χ1v) is 11.9. The molecule has 3 aromatic rings. The highest BCUT2D eigenvalue weighted by Gasteiger charge is 2.31. The van der Waals surface area contributed by atoms with Crippen molar-refractivity contribution in [1.29, 1.82) is 0 Å². The zero-order chi connectivity index (χ0) is 23.0. The van der Waals surface area contributed by atoms with E-state index < -0.39 is 0 Å². The molecule has 1 aromatic carbocycles. The van der Waals surface area contributed by atoms with Crippen molar-refractivity contribution in [3.8, 4) is 11.3 Å². The molecule has 0 saturated heterocycles. The molecular formula is C25H32N6S. The fourth-order valence-electron chi connectivity index (χ4n) is 4.06. The average molecular weight is 449 g/mol. The van der Waals surface area contributed by atoms with Gasteiger partial charge in [0.25, 0.3) is 0 Å². The quantitative estimate of drug-likeness (QED) is 0.521. The maximum atomic E-state index is 4.76. The van der Waals surface area contributed by atoms with E-state index >= 15 is 0 Å². The summed E-state index contributed by atoms with van der Waals surface area (Å²) in [5.41, 5.74) is 7.77. The summed E-state index contributed by atoms with van der Waals surface area (Å²) in [6.07, 6.45) is 4.02. The van der Waals surface area contributed by atoms with E-state index in [9.17, 15) is 0 Å². The molecule has 1 aliphatic heterocycles. The topological polar surface area (TPSA) is 58.9 Å². The van der Waals surface area contributed by atoms with Gasteiger partial charge in [-0.2, -0.15) is 5.10 Å². The summed E-state index contributed by atoms with van der Waals surface area (Å²) in [6.45, 7) is 14.0. The number of rotatable bonds is 5. The predicted molar refractivity (Wildman–Crippen MR) is 134 cm³/mol. The van der Waals surface area contributed by atoms with Crippen LogP contribution in [-0.4, -0.2) is 30.0 Å². The minimum Gasteiger partial charge on any atom is -0.360 e. The SMILES string of the molecule is Cc1cc(-c2ccnc(Nc3c(C)nn(C)c3C)n2)ccc1CN1C=CSC1C(C)(C)C. The van der Waals surface area contributed by atoms with E-state index in [0.717, 1.165) is 34.9 Å². The molecule has 1 aliphatic rings. The third-order valence-corrected chi connectivity index (χ3v) is 7.41. The van der Waals surface area contributed by atoms with Gasteiger partial charge in [-0.15, -0.1) is 11.8 Å². The molecule has 0 spiro atoms. The summed E-state index contributed by atoms with van der Waals surface area (Å²) in [4.78, 5) is 11.6. The Hall–Kier alpha value is -2.80. The number of aromatic nitrogens is 4. The second-order valence-corrected chi connectivity index (χ2v) is 10.5. The zero-order valence-electron chi connectivity index (χ0n) is 20.0. The van der Waals surface area contributed by atoms with E-state index in [1.54, 1.807) is 6.20 Å². The summed E-state index contributed by atoms with van der Waals surface area (Å²) >= 11 is 1.90. The van der Waals surface area contributed by atoms with Gasteiger partial charge in [0.15, 0.2) is 0 Å². The molecule has 1 unspecified atom stereocenters. The van der Waals surface area contributed by atoms with Crippen molar-refractivity contribution in [2.45, 2.75) is 53.5 Å². The molecule has 4 rings (SSSR count). The van der Waals surface area contributed by atoms with E-state index in [1.807, 2.05) is 43.4 Å². The van der Waals surface area contributed by atoms with E-state index in [-0.39, 0.29) is 5.41 Å². The number of hydrogen-bond acceptors (Lipinski definition) is 6. The Morgan fingerprint density at radius 1 is 1.12 bits per heavy atom. The molecule has 0 amide bonds. The predicted octanol–water partition coefficient (Wildman–Crippen LogP) is 5.94. The Morgan fingerprint density at radius 2 is 1.91 bits per heavy atom. The molecule has 0 aliphatic carbocycles. The van der Waals surface area contributed by atoms with Gasteiger partial charge in [-0.25, -0.2) is 9.97 Å². The van der Waals surface area contributed by atoms with Gasteiger partial charge in [-0.1, -0.05) is 32.9 Å². The van der Waals surface area contributed by atoms with Crippen molar-refractivity contribution in [3.05, 3.63) is 64.6 Å². The number of aryl methyl sites for hydroxylation is 3. The lowest BCUT2D eigenvalue weighted by molar-refractivity contribution is 0.220. The molecule has 0 fully saturated rings. The van der Waals surface area contributed by atoms with Crippen LogP contribution in [0.25, 0.3) is 11.3 Å². The first-order chi connectivity index (χ1) is 15.1. The van der Waals surface area contributed by atoms with Crippen molar-refractivity contribution in [2.75, 3.05) is 5.32 Å². The molecule has 1 N–H and O–H groups in total. The van der Waals surface area contributed by atoms with Gasteiger partial charge in [-0.05, 0) is 54.9 Å². The normalized spacial score (nSPS) is 16.1. The molecule has 0 bridgehead atoms. The fraction of sp³-hybridized carbons (Fsp3) is 0.400. The minimum atomic E-state index is 0.220. The Morgan fingerprint density at radius 3 is 2.56 bits per heavy atom. The second kappa shape index (κ2) is 8.62. The first-order valence-electron chi connectivity index (χ1n) is 10.9. The first kappa shape index (κ1) is 22.4. The molecule has 6 nitrogen and oxygen atoms in total. The Kier molecular flexibility index (Phi) is 6.03. The summed E-state index contributed by atoms with van der Waals surface area (Å²) in [7, 11) is 1.94. The number of hydrogen-bond donors (Lipinski definition) is 1. The van der Waals surface area contributed by atoms with Crippen LogP contribution in [0.15, 0.2) is 42.1 Å². The number of nitrogens with one attached hydrogen (secondary N) is 1. The number of anilines is 2. The standard InChI is InChI=1S/C25H32N6S/c1-16-14-19(8-9-20(16)15-31-12-13-32-23(31)25(4,5)6)21-10-11-26-24(27-21)28-22-17(2)29-30(7)18(22)3/h8-14,23H,15H2,1-7H3,(H,26,27,28). The van der Waals surface area contributed by atoms with Gasteiger partial charge in [0, 0.05) is 31.6 Å². The van der Waals surface area contributed by atoms with Crippen LogP contribution in [0.3, 0.4) is 0 Å². The summed E-state index contributed by atoms with van der Waals surface area (Å²) < 4.78 is 1.86. The van der Waals surface area contributed by atoms with Crippen LogP contribution in [0, 0.1) is 26.2 Å². The molecule has 3 heterocycles. The third-order valence-electron chi connectivity index (χ3n) is 5.89. The van der Waals surface area contributed by atoms with Crippen molar-refractivity contribution < 1.29 is 0 Å². The largest absolute Gasteiger partial charge is 0.360 e. The van der Waals surface area contributed by atoms with Crippen LogP contribution < -0.4 is 5.32 Å². The lowest BCUT2D eigenvalue weighted by Gasteiger charge is -2.35. The molecule has 7 heteroatoms. The zero-order valence-corrected chi connectivity index (χ0v) is 20.8. The van der Waals surface area contributed by atoms with Crippen LogP contribution in [0.2, 0.25) is 0 Å². The highest BCUT2D eigenvalue weighted by Crippen LogP contribution is 2.39. The van der Waals surface area contributed by atoms with Gasteiger partial charge in [0.1, 0.15) is 0 Å². The van der Waals surface area contributed by atoms with Crippen LogP contribution >= 0.6 is 11.8 Å². The molecule has 0 radical (unpaired) electrons. The van der Waals surface area contributed by atoms with Crippen LogP contribution in [0.4, 0.5) is 11.6 Å². The van der Waals surface area contributed by atoms with E-state index in [2.05, 4.69) is 77.8 Å². The van der Waals surface area contributed by atoms with E-state index in [0.29, 0.717) is 11.3 Å². The number of benzene rings is 1. The summed E-state index contributed by atoms with van der Waals surface area (Å²) in [5.74, 6) is 0.579. The second-order valence-electron chi connectivity index (χ2n) is 9.51.